The number of fused-ring (bicyclic) bond motifs is 8. The van der Waals surface area contributed by atoms with E-state index < -0.39 is 0 Å². The maximum Gasteiger partial charge on any atom is 0.126 e. The molecular formula is C48H38CoN4O4. The van der Waals surface area contributed by atoms with Gasteiger partial charge in [-0.25, -0.2) is 9.97 Å². The van der Waals surface area contributed by atoms with Gasteiger partial charge in [0.25, 0.3) is 0 Å². The number of ether oxygens (including phenoxy) is 4. The van der Waals surface area contributed by atoms with Crippen molar-refractivity contribution < 1.29 is 35.7 Å². The second-order valence-corrected chi connectivity index (χ2v) is 13.3. The van der Waals surface area contributed by atoms with Gasteiger partial charge in [-0.1, -0.05) is 72.8 Å². The molecule has 2 N–H and O–H groups in total. The summed E-state index contributed by atoms with van der Waals surface area (Å²) in [5.74, 6) is 2.93. The molecule has 0 fully saturated rings. The van der Waals surface area contributed by atoms with Crippen molar-refractivity contribution in [2.45, 2.75) is 0 Å². The van der Waals surface area contributed by atoms with Crippen LogP contribution in [0.4, 0.5) is 0 Å². The van der Waals surface area contributed by atoms with Crippen molar-refractivity contribution in [2.75, 3.05) is 28.4 Å². The molecule has 8 bridgehead atoms. The van der Waals surface area contributed by atoms with Crippen molar-refractivity contribution in [3.05, 3.63) is 144 Å². The molecule has 0 atom stereocenters. The second-order valence-electron chi connectivity index (χ2n) is 13.3. The van der Waals surface area contributed by atoms with Gasteiger partial charge in [0, 0.05) is 83.4 Å². The first-order valence-electron chi connectivity index (χ1n) is 18.3. The number of nitrogens with one attached hydrogen (secondary N) is 2. The number of H-pyrrole nitrogens is 2. The van der Waals surface area contributed by atoms with Gasteiger partial charge >= 0.3 is 0 Å². The predicted octanol–water partition coefficient (Wildman–Crippen LogP) is 11.4. The largest absolute Gasteiger partial charge is 0.496 e. The van der Waals surface area contributed by atoms with Gasteiger partial charge in [0.1, 0.15) is 23.0 Å². The Kier molecular flexibility index (Phi) is 10.3. The Balaban J connectivity index is 0.00000455. The molecule has 7 aromatic rings. The third-order valence-corrected chi connectivity index (χ3v) is 10.3. The molecule has 0 saturated heterocycles. The molecule has 1 radical (unpaired) electrons. The Morgan fingerprint density at radius 2 is 0.561 bits per heavy atom. The summed E-state index contributed by atoms with van der Waals surface area (Å²) < 4.78 is 23.8. The van der Waals surface area contributed by atoms with E-state index in [1.54, 1.807) is 28.4 Å². The zero-order chi connectivity index (χ0) is 38.2. The van der Waals surface area contributed by atoms with E-state index in [1.165, 1.54) is 0 Å². The molecule has 57 heavy (non-hydrogen) atoms. The van der Waals surface area contributed by atoms with Crippen molar-refractivity contribution in [1.82, 2.24) is 19.9 Å². The van der Waals surface area contributed by atoms with Crippen molar-refractivity contribution in [1.29, 1.82) is 0 Å². The average Bonchev–Trinajstić information content (AvgIpc) is 4.10. The van der Waals surface area contributed by atoms with Gasteiger partial charge in [-0.3, -0.25) is 0 Å². The van der Waals surface area contributed by atoms with Gasteiger partial charge < -0.3 is 28.9 Å². The molecule has 0 spiro atoms. The minimum Gasteiger partial charge on any atom is -0.496 e. The summed E-state index contributed by atoms with van der Waals surface area (Å²) in [5, 5.41) is 0. The van der Waals surface area contributed by atoms with Gasteiger partial charge in [0.2, 0.25) is 0 Å². The van der Waals surface area contributed by atoms with Crippen LogP contribution in [0.1, 0.15) is 22.8 Å². The number of methoxy groups -OCH3 is 4. The molecule has 283 valence electrons. The van der Waals surface area contributed by atoms with Crippen LogP contribution in [0.3, 0.4) is 0 Å². The van der Waals surface area contributed by atoms with Gasteiger partial charge in [0.15, 0.2) is 0 Å². The van der Waals surface area contributed by atoms with E-state index in [0.717, 1.165) is 112 Å². The molecule has 0 amide bonds. The third-order valence-electron chi connectivity index (χ3n) is 10.3. The number of aromatic amines is 2. The summed E-state index contributed by atoms with van der Waals surface area (Å²) in [6.45, 7) is 0. The number of benzene rings is 4. The average molecular weight is 794 g/mol. The molecular weight excluding hydrogens is 755 g/mol. The number of aromatic nitrogens is 4. The van der Waals surface area contributed by atoms with Crippen LogP contribution in [0.25, 0.3) is 90.9 Å². The fourth-order valence-corrected chi connectivity index (χ4v) is 7.74. The molecule has 0 saturated carbocycles. The van der Waals surface area contributed by atoms with Gasteiger partial charge in [0.05, 0.1) is 51.2 Å². The second kappa shape index (κ2) is 15.7. The summed E-state index contributed by atoms with van der Waals surface area (Å²) in [5.41, 5.74) is 13.7. The summed E-state index contributed by atoms with van der Waals surface area (Å²) in [6.07, 6.45) is 8.27. The first-order chi connectivity index (χ1) is 27.6. The van der Waals surface area contributed by atoms with E-state index in [9.17, 15) is 0 Å². The van der Waals surface area contributed by atoms with Crippen LogP contribution in [0.15, 0.2) is 121 Å². The van der Waals surface area contributed by atoms with Crippen LogP contribution < -0.4 is 18.9 Å². The first kappa shape index (κ1) is 37.1. The summed E-state index contributed by atoms with van der Waals surface area (Å²) in [6, 6.07) is 40.5. The van der Waals surface area contributed by atoms with E-state index in [0.29, 0.717) is 0 Å². The van der Waals surface area contributed by atoms with Crippen LogP contribution in [0.5, 0.6) is 23.0 Å². The number of hydrogen-bond donors (Lipinski definition) is 2. The minimum absolute atomic E-state index is 0. The van der Waals surface area contributed by atoms with E-state index >= 15 is 0 Å². The molecule has 0 aliphatic carbocycles. The molecule has 4 aromatic carbocycles. The van der Waals surface area contributed by atoms with Crippen LogP contribution in [-0.4, -0.2) is 48.4 Å². The van der Waals surface area contributed by atoms with Crippen molar-refractivity contribution in [3.8, 4) is 67.5 Å². The molecule has 9 heteroatoms. The Labute approximate surface area is 340 Å². The number of para-hydroxylation sites is 4. The van der Waals surface area contributed by atoms with Crippen LogP contribution in [0, 0.1) is 0 Å². The zero-order valence-corrected chi connectivity index (χ0v) is 32.8. The maximum absolute atomic E-state index is 5.94. The smallest absolute Gasteiger partial charge is 0.126 e. The topological polar surface area (TPSA) is 94.3 Å². The van der Waals surface area contributed by atoms with Gasteiger partial charge in [-0.05, 0) is 72.8 Å². The monoisotopic (exact) mass is 793 g/mol. The standard InChI is InChI=1S/C48H38N4O4.Co/c1-53-41-17-9-5-13-29(41)45-33-21-23-35(49-33)46(30-14-6-10-18-42(30)54-2)37-25-27-39(51-37)48(32-16-8-12-20-44(32)56-4)40-28-26-38(52-40)47(36-24-22-34(45)50-36)31-15-7-11-19-43(31)55-3;/h5-28,49,52H,1-4H3;. The molecule has 0 unspecified atom stereocenters. The van der Waals surface area contributed by atoms with E-state index in [4.69, 9.17) is 28.9 Å². The van der Waals surface area contributed by atoms with Crippen LogP contribution in [0.2, 0.25) is 0 Å². The molecule has 8 nitrogen and oxygen atoms in total. The summed E-state index contributed by atoms with van der Waals surface area (Å²) in [7, 11) is 6.77. The minimum atomic E-state index is 0. The molecule has 9 rings (SSSR count). The van der Waals surface area contributed by atoms with Gasteiger partial charge in [-0.2, -0.15) is 0 Å². The Bertz CT molecular complexity index is 2510. The Morgan fingerprint density at radius 3 is 0.789 bits per heavy atom. The van der Waals surface area contributed by atoms with Crippen molar-refractivity contribution in [3.63, 3.8) is 0 Å². The maximum atomic E-state index is 5.94. The molecule has 5 heterocycles. The normalized spacial score (nSPS) is 11.6. The Morgan fingerprint density at radius 1 is 0.333 bits per heavy atom. The van der Waals surface area contributed by atoms with E-state index in [2.05, 4.69) is 82.8 Å². The van der Waals surface area contributed by atoms with Crippen LogP contribution >= 0.6 is 0 Å². The van der Waals surface area contributed by atoms with E-state index in [1.807, 2.05) is 72.8 Å². The van der Waals surface area contributed by atoms with E-state index in [-0.39, 0.29) is 16.8 Å². The molecule has 2 aliphatic rings. The molecule has 3 aromatic heterocycles. The zero-order valence-electron chi connectivity index (χ0n) is 31.7. The van der Waals surface area contributed by atoms with Crippen LogP contribution in [-0.2, 0) is 16.8 Å². The fraction of sp³-hybridized carbons (Fsp3) is 0.0833. The number of rotatable bonds is 8. The summed E-state index contributed by atoms with van der Waals surface area (Å²) >= 11 is 0. The fourth-order valence-electron chi connectivity index (χ4n) is 7.74. The number of hydrogen-bond acceptors (Lipinski definition) is 6. The quantitative estimate of drug-likeness (QED) is 0.159. The number of nitrogens with zero attached hydrogens (tertiary/aromatic N) is 2. The predicted molar refractivity (Wildman–Crippen MR) is 227 cm³/mol. The van der Waals surface area contributed by atoms with Gasteiger partial charge in [-0.15, -0.1) is 0 Å². The first-order valence-corrected chi connectivity index (χ1v) is 18.3. The van der Waals surface area contributed by atoms with Crippen molar-refractivity contribution >= 4 is 46.4 Å². The molecule has 2 aliphatic heterocycles. The Hall–Kier alpha value is -6.81. The van der Waals surface area contributed by atoms with Crippen molar-refractivity contribution in [2.24, 2.45) is 0 Å². The SMILES string of the molecule is COc1ccccc1-c1c2nc(c(-c3ccccc3OC)c3ccc([nH]3)c(-c3ccccc3OC)c3nc(c(-c4ccccc4OC)c4ccc1[nH]4)C=C3)C=C2.[Co]. The summed E-state index contributed by atoms with van der Waals surface area (Å²) in [4.78, 5) is 18.4. The third kappa shape index (κ3) is 6.56.